The van der Waals surface area contributed by atoms with Gasteiger partial charge in [0.15, 0.2) is 11.5 Å². The third-order valence-electron chi connectivity index (χ3n) is 5.71. The van der Waals surface area contributed by atoms with Crippen molar-refractivity contribution < 1.29 is 27.5 Å². The number of hydrogen-bond acceptors (Lipinski definition) is 6. The molecule has 1 aliphatic rings. The number of likely N-dealkylation sites (N-methyl/N-ethyl adjacent to an activating group) is 1. The highest BCUT2D eigenvalue weighted by Crippen LogP contribution is 2.34. The number of benzene rings is 2. The van der Waals surface area contributed by atoms with E-state index in [1.807, 2.05) is 44.2 Å². The first-order chi connectivity index (χ1) is 16.7. The Bertz CT molecular complexity index is 1120. The van der Waals surface area contributed by atoms with E-state index in [2.05, 4.69) is 5.32 Å². The molecule has 2 amide bonds. The summed E-state index contributed by atoms with van der Waals surface area (Å²) in [6.45, 7) is 4.68. The molecule has 0 fully saturated rings. The molecule has 2 aromatic carbocycles. The van der Waals surface area contributed by atoms with Gasteiger partial charge in [-0.1, -0.05) is 37.3 Å². The number of carbonyl (C=O) groups is 2. The average molecular weight is 504 g/mol. The second-order valence-electron chi connectivity index (χ2n) is 8.24. The SMILES string of the molecule is CCNC(=O)[C@H](CC)N(CCc1ccccc1)C(=O)CN(c1ccc2c(c1)OCCO2)S(C)(=O)=O. The van der Waals surface area contributed by atoms with Crippen molar-refractivity contribution in [3.8, 4) is 11.5 Å². The van der Waals surface area contributed by atoms with E-state index < -0.39 is 28.5 Å². The van der Waals surface area contributed by atoms with Crippen LogP contribution in [0, 0.1) is 0 Å². The Labute approximate surface area is 207 Å². The molecule has 3 rings (SSSR count). The van der Waals surface area contributed by atoms with Gasteiger partial charge in [0.2, 0.25) is 21.8 Å². The van der Waals surface area contributed by atoms with Crippen molar-refractivity contribution in [1.29, 1.82) is 0 Å². The molecule has 35 heavy (non-hydrogen) atoms. The summed E-state index contributed by atoms with van der Waals surface area (Å²) in [5.74, 6) is 0.220. The van der Waals surface area contributed by atoms with Gasteiger partial charge in [0.25, 0.3) is 0 Å². The van der Waals surface area contributed by atoms with Crippen LogP contribution in [0.3, 0.4) is 0 Å². The predicted molar refractivity (Wildman–Crippen MR) is 134 cm³/mol. The lowest BCUT2D eigenvalue weighted by molar-refractivity contribution is -0.139. The maximum absolute atomic E-state index is 13.6. The molecule has 1 heterocycles. The minimum absolute atomic E-state index is 0.262. The fraction of sp³-hybridized carbons (Fsp3) is 0.440. The van der Waals surface area contributed by atoms with Crippen LogP contribution in [0.1, 0.15) is 25.8 Å². The van der Waals surface area contributed by atoms with Crippen molar-refractivity contribution >= 4 is 27.5 Å². The summed E-state index contributed by atoms with van der Waals surface area (Å²) in [4.78, 5) is 27.8. The molecule has 1 N–H and O–H groups in total. The molecule has 0 saturated carbocycles. The van der Waals surface area contributed by atoms with Crippen LogP contribution in [0.25, 0.3) is 0 Å². The topological polar surface area (TPSA) is 105 Å². The van der Waals surface area contributed by atoms with E-state index in [-0.39, 0.29) is 12.5 Å². The maximum Gasteiger partial charge on any atom is 0.244 e. The first-order valence-electron chi connectivity index (χ1n) is 11.7. The Morgan fingerprint density at radius 2 is 1.71 bits per heavy atom. The zero-order chi connectivity index (χ0) is 25.4. The largest absolute Gasteiger partial charge is 0.486 e. The smallest absolute Gasteiger partial charge is 0.244 e. The van der Waals surface area contributed by atoms with Crippen molar-refractivity contribution in [2.75, 3.05) is 43.4 Å². The van der Waals surface area contributed by atoms with E-state index in [1.165, 1.54) is 4.90 Å². The van der Waals surface area contributed by atoms with Crippen molar-refractivity contribution in [3.05, 3.63) is 54.1 Å². The summed E-state index contributed by atoms with van der Waals surface area (Å²) in [6.07, 6.45) is 1.98. The fourth-order valence-electron chi connectivity index (χ4n) is 3.99. The molecule has 2 aromatic rings. The third-order valence-corrected chi connectivity index (χ3v) is 6.85. The Morgan fingerprint density at radius 1 is 1.03 bits per heavy atom. The zero-order valence-electron chi connectivity index (χ0n) is 20.4. The average Bonchev–Trinajstić information content (AvgIpc) is 2.84. The summed E-state index contributed by atoms with van der Waals surface area (Å²) in [6, 6.07) is 13.7. The Balaban J connectivity index is 1.89. The van der Waals surface area contributed by atoms with Gasteiger partial charge < -0.3 is 19.7 Å². The van der Waals surface area contributed by atoms with Crippen LogP contribution in [0.2, 0.25) is 0 Å². The van der Waals surface area contributed by atoms with E-state index in [4.69, 9.17) is 9.47 Å². The number of ether oxygens (including phenoxy) is 2. The molecule has 0 aliphatic carbocycles. The van der Waals surface area contributed by atoms with E-state index in [0.717, 1.165) is 16.1 Å². The van der Waals surface area contributed by atoms with Crippen LogP contribution < -0.4 is 19.1 Å². The first kappa shape index (κ1) is 26.3. The summed E-state index contributed by atoms with van der Waals surface area (Å²) < 4.78 is 37.6. The monoisotopic (exact) mass is 503 g/mol. The Morgan fingerprint density at radius 3 is 2.34 bits per heavy atom. The van der Waals surface area contributed by atoms with Crippen LogP contribution in [-0.4, -0.2) is 70.3 Å². The second-order valence-corrected chi connectivity index (χ2v) is 10.1. The van der Waals surface area contributed by atoms with Crippen molar-refractivity contribution in [2.24, 2.45) is 0 Å². The molecule has 0 bridgehead atoms. The molecule has 190 valence electrons. The number of rotatable bonds is 11. The second kappa shape index (κ2) is 11.9. The molecule has 0 spiro atoms. The number of sulfonamides is 1. The highest BCUT2D eigenvalue weighted by atomic mass is 32.2. The predicted octanol–water partition coefficient (Wildman–Crippen LogP) is 2.21. The Kier molecular flexibility index (Phi) is 8.97. The van der Waals surface area contributed by atoms with E-state index in [1.54, 1.807) is 18.2 Å². The van der Waals surface area contributed by atoms with Gasteiger partial charge in [-0.05, 0) is 37.5 Å². The first-order valence-corrected chi connectivity index (χ1v) is 13.6. The van der Waals surface area contributed by atoms with Gasteiger partial charge in [-0.25, -0.2) is 8.42 Å². The van der Waals surface area contributed by atoms with Gasteiger partial charge >= 0.3 is 0 Å². The highest BCUT2D eigenvalue weighted by Gasteiger charge is 2.31. The molecular formula is C25H33N3O6S. The van der Waals surface area contributed by atoms with E-state index in [9.17, 15) is 18.0 Å². The Hall–Kier alpha value is -3.27. The highest BCUT2D eigenvalue weighted by molar-refractivity contribution is 7.92. The van der Waals surface area contributed by atoms with Gasteiger partial charge in [0, 0.05) is 19.2 Å². The number of nitrogens with one attached hydrogen (secondary N) is 1. The molecule has 10 heteroatoms. The summed E-state index contributed by atoms with van der Waals surface area (Å²) in [5.41, 5.74) is 1.31. The van der Waals surface area contributed by atoms with Gasteiger partial charge in [-0.3, -0.25) is 13.9 Å². The zero-order valence-corrected chi connectivity index (χ0v) is 21.2. The molecule has 0 unspecified atom stereocenters. The molecule has 0 aromatic heterocycles. The van der Waals surface area contributed by atoms with Crippen LogP contribution in [0.15, 0.2) is 48.5 Å². The van der Waals surface area contributed by atoms with E-state index >= 15 is 0 Å². The molecule has 9 nitrogen and oxygen atoms in total. The summed E-state index contributed by atoms with van der Waals surface area (Å²) in [7, 11) is -3.81. The number of carbonyl (C=O) groups excluding carboxylic acids is 2. The van der Waals surface area contributed by atoms with Crippen molar-refractivity contribution in [1.82, 2.24) is 10.2 Å². The molecule has 0 saturated heterocycles. The van der Waals surface area contributed by atoms with Crippen LogP contribution >= 0.6 is 0 Å². The van der Waals surface area contributed by atoms with Gasteiger partial charge in [0.1, 0.15) is 25.8 Å². The van der Waals surface area contributed by atoms with Gasteiger partial charge in [-0.15, -0.1) is 0 Å². The maximum atomic E-state index is 13.6. The molecule has 1 aliphatic heterocycles. The van der Waals surface area contributed by atoms with Gasteiger partial charge in [0.05, 0.1) is 11.9 Å². The standard InChI is InChI=1S/C25H33N3O6S/c1-4-21(25(30)26-5-2)27(14-13-19-9-7-6-8-10-19)24(29)18-28(35(3,31)32)20-11-12-22-23(17-20)34-16-15-33-22/h6-12,17,21H,4-5,13-16,18H2,1-3H3,(H,26,30)/t21-/m0/s1. The van der Waals surface area contributed by atoms with Crippen LogP contribution in [0.4, 0.5) is 5.69 Å². The normalized spacial score (nSPS) is 13.6. The minimum Gasteiger partial charge on any atom is -0.486 e. The lowest BCUT2D eigenvalue weighted by atomic mass is 10.1. The lowest BCUT2D eigenvalue weighted by Crippen LogP contribution is -2.53. The summed E-state index contributed by atoms with van der Waals surface area (Å²) in [5, 5.41) is 2.78. The molecular weight excluding hydrogens is 470 g/mol. The van der Waals surface area contributed by atoms with E-state index in [0.29, 0.717) is 49.8 Å². The van der Waals surface area contributed by atoms with Crippen molar-refractivity contribution in [3.63, 3.8) is 0 Å². The number of anilines is 1. The van der Waals surface area contributed by atoms with Gasteiger partial charge in [-0.2, -0.15) is 0 Å². The fourth-order valence-corrected chi connectivity index (χ4v) is 4.83. The summed E-state index contributed by atoms with van der Waals surface area (Å²) >= 11 is 0. The minimum atomic E-state index is -3.81. The number of hydrogen-bond donors (Lipinski definition) is 1. The number of amides is 2. The van der Waals surface area contributed by atoms with Crippen LogP contribution in [-0.2, 0) is 26.0 Å². The molecule has 0 radical (unpaired) electrons. The lowest BCUT2D eigenvalue weighted by Gasteiger charge is -2.33. The third kappa shape index (κ3) is 6.88. The molecule has 1 atom stereocenters. The van der Waals surface area contributed by atoms with Crippen molar-refractivity contribution in [2.45, 2.75) is 32.7 Å². The van der Waals surface area contributed by atoms with Crippen LogP contribution in [0.5, 0.6) is 11.5 Å². The number of nitrogens with zero attached hydrogens (tertiary/aromatic N) is 2. The number of fused-ring (bicyclic) bond motifs is 1. The quantitative estimate of drug-likeness (QED) is 0.504.